The largest absolute Gasteiger partial charge is 0.497 e. The molecule has 0 amide bonds. The molecule has 0 saturated heterocycles. The van der Waals surface area contributed by atoms with Crippen LogP contribution in [0.2, 0.25) is 0 Å². The van der Waals surface area contributed by atoms with Crippen LogP contribution < -0.4 is 10.1 Å². The predicted octanol–water partition coefficient (Wildman–Crippen LogP) is 2.18. The van der Waals surface area contributed by atoms with Crippen LogP contribution in [0, 0.1) is 0 Å². The summed E-state index contributed by atoms with van der Waals surface area (Å²) in [6.07, 6.45) is 3.77. The Kier molecular flexibility index (Phi) is 2.59. The molecule has 2 aromatic rings. The molecule has 2 N–H and O–H groups in total. The summed E-state index contributed by atoms with van der Waals surface area (Å²) < 4.78 is 5.24. The van der Waals surface area contributed by atoms with E-state index in [4.69, 9.17) is 4.74 Å². The molecule has 1 aromatic carbocycles. The molecule has 0 bridgehead atoms. The van der Waals surface area contributed by atoms with Crippen LogP contribution in [-0.2, 0) is 0 Å². The molecule has 1 aliphatic rings. The van der Waals surface area contributed by atoms with Gasteiger partial charge in [0.25, 0.3) is 0 Å². The quantitative estimate of drug-likeness (QED) is 0.865. The van der Waals surface area contributed by atoms with E-state index in [1.165, 1.54) is 0 Å². The minimum absolute atomic E-state index is 0.148. The first kappa shape index (κ1) is 11.3. The molecule has 0 aliphatic heterocycles. The van der Waals surface area contributed by atoms with Crippen molar-refractivity contribution in [1.82, 2.24) is 4.98 Å². The number of aliphatic hydroxyl groups is 1. The topological polar surface area (TPSA) is 54.4 Å². The van der Waals surface area contributed by atoms with Crippen molar-refractivity contribution >= 4 is 16.6 Å². The Balaban J connectivity index is 2.05. The maximum Gasteiger partial charge on any atom is 0.134 e. The molecule has 0 spiro atoms. The molecule has 1 saturated carbocycles. The summed E-state index contributed by atoms with van der Waals surface area (Å²) >= 11 is 0. The van der Waals surface area contributed by atoms with Crippen LogP contribution in [0.3, 0.4) is 0 Å². The summed E-state index contributed by atoms with van der Waals surface area (Å²) in [7, 11) is 1.65. The van der Waals surface area contributed by atoms with E-state index in [0.717, 1.165) is 35.2 Å². The number of benzene rings is 1. The fourth-order valence-corrected chi connectivity index (χ4v) is 2.10. The summed E-state index contributed by atoms with van der Waals surface area (Å²) in [5.74, 6) is 1.63. The van der Waals surface area contributed by atoms with Crippen LogP contribution in [-0.4, -0.2) is 29.3 Å². The van der Waals surface area contributed by atoms with Crippen molar-refractivity contribution in [2.75, 3.05) is 19.0 Å². The minimum atomic E-state index is -0.162. The molecule has 3 rings (SSSR count). The van der Waals surface area contributed by atoms with Gasteiger partial charge in [0.05, 0.1) is 19.3 Å². The van der Waals surface area contributed by atoms with E-state index in [9.17, 15) is 5.11 Å². The molecule has 4 heteroatoms. The van der Waals surface area contributed by atoms with Gasteiger partial charge in [-0.1, -0.05) is 6.07 Å². The number of anilines is 1. The first-order valence-electron chi connectivity index (χ1n) is 6.08. The summed E-state index contributed by atoms with van der Waals surface area (Å²) in [6.45, 7) is 0.148. The van der Waals surface area contributed by atoms with Gasteiger partial charge in [-0.25, -0.2) is 4.98 Å². The number of aromatic nitrogens is 1. The van der Waals surface area contributed by atoms with Crippen LogP contribution in [0.25, 0.3) is 10.8 Å². The van der Waals surface area contributed by atoms with Crippen molar-refractivity contribution < 1.29 is 9.84 Å². The third-order valence-corrected chi connectivity index (χ3v) is 3.51. The van der Waals surface area contributed by atoms with Crippen LogP contribution in [0.1, 0.15) is 12.8 Å². The number of fused-ring (bicyclic) bond motifs is 1. The Morgan fingerprint density at radius 1 is 1.39 bits per heavy atom. The highest BCUT2D eigenvalue weighted by molar-refractivity contribution is 5.93. The Morgan fingerprint density at radius 2 is 2.22 bits per heavy atom. The van der Waals surface area contributed by atoms with Gasteiger partial charge in [-0.3, -0.25) is 0 Å². The number of ether oxygens (including phenoxy) is 1. The molecule has 18 heavy (non-hydrogen) atoms. The number of aliphatic hydroxyl groups excluding tert-OH is 1. The number of nitrogens with one attached hydrogen (secondary N) is 1. The Hall–Kier alpha value is -1.81. The van der Waals surface area contributed by atoms with Crippen molar-refractivity contribution in [3.05, 3.63) is 30.5 Å². The zero-order chi connectivity index (χ0) is 12.6. The summed E-state index contributed by atoms with van der Waals surface area (Å²) in [5, 5.41) is 14.9. The lowest BCUT2D eigenvalue weighted by molar-refractivity contribution is 0.266. The van der Waals surface area contributed by atoms with Crippen molar-refractivity contribution in [2.45, 2.75) is 18.4 Å². The highest BCUT2D eigenvalue weighted by atomic mass is 16.5. The summed E-state index contributed by atoms with van der Waals surface area (Å²) in [5.41, 5.74) is -0.162. The van der Waals surface area contributed by atoms with Gasteiger partial charge in [0, 0.05) is 11.6 Å². The molecule has 4 nitrogen and oxygen atoms in total. The van der Waals surface area contributed by atoms with Gasteiger partial charge < -0.3 is 15.2 Å². The van der Waals surface area contributed by atoms with Gasteiger partial charge in [0.2, 0.25) is 0 Å². The van der Waals surface area contributed by atoms with Gasteiger partial charge in [-0.15, -0.1) is 0 Å². The van der Waals surface area contributed by atoms with Crippen LogP contribution in [0.5, 0.6) is 5.75 Å². The molecule has 1 fully saturated rings. The fraction of sp³-hybridized carbons (Fsp3) is 0.357. The Labute approximate surface area is 106 Å². The third-order valence-electron chi connectivity index (χ3n) is 3.51. The second-order valence-corrected chi connectivity index (χ2v) is 4.81. The van der Waals surface area contributed by atoms with Gasteiger partial charge in [-0.2, -0.15) is 0 Å². The molecule has 0 atom stereocenters. The molecule has 1 aromatic heterocycles. The molecular formula is C14H16N2O2. The monoisotopic (exact) mass is 244 g/mol. The van der Waals surface area contributed by atoms with Gasteiger partial charge in [0.15, 0.2) is 0 Å². The van der Waals surface area contributed by atoms with E-state index in [-0.39, 0.29) is 12.1 Å². The van der Waals surface area contributed by atoms with Crippen LogP contribution in [0.15, 0.2) is 30.5 Å². The number of methoxy groups -OCH3 is 1. The lowest BCUT2D eigenvalue weighted by atomic mass is 10.1. The average Bonchev–Trinajstić information content (AvgIpc) is 3.19. The van der Waals surface area contributed by atoms with E-state index < -0.39 is 0 Å². The lowest BCUT2D eigenvalue weighted by Crippen LogP contribution is -2.26. The zero-order valence-electron chi connectivity index (χ0n) is 10.3. The Bertz CT molecular complexity index is 579. The minimum Gasteiger partial charge on any atom is -0.497 e. The first-order valence-corrected chi connectivity index (χ1v) is 6.08. The van der Waals surface area contributed by atoms with Gasteiger partial charge in [0.1, 0.15) is 11.6 Å². The number of nitrogens with zero attached hydrogens (tertiary/aromatic N) is 1. The van der Waals surface area contributed by atoms with Gasteiger partial charge in [-0.05, 0) is 36.4 Å². The van der Waals surface area contributed by atoms with Crippen molar-refractivity contribution in [1.29, 1.82) is 0 Å². The molecule has 0 unspecified atom stereocenters. The SMILES string of the molecule is COc1ccc2ccnc(NC3(CO)CC3)c2c1. The third kappa shape index (κ3) is 1.88. The summed E-state index contributed by atoms with van der Waals surface area (Å²) in [4.78, 5) is 4.38. The first-order chi connectivity index (χ1) is 8.76. The molecule has 1 aliphatic carbocycles. The van der Waals surface area contributed by atoms with Crippen LogP contribution in [0.4, 0.5) is 5.82 Å². The number of pyridine rings is 1. The zero-order valence-corrected chi connectivity index (χ0v) is 10.3. The second kappa shape index (κ2) is 4.14. The number of hydrogen-bond acceptors (Lipinski definition) is 4. The van der Waals surface area contributed by atoms with Gasteiger partial charge >= 0.3 is 0 Å². The van der Waals surface area contributed by atoms with E-state index in [2.05, 4.69) is 10.3 Å². The van der Waals surface area contributed by atoms with Crippen molar-refractivity contribution in [2.24, 2.45) is 0 Å². The standard InChI is InChI=1S/C14H16N2O2/c1-18-11-3-2-10-4-7-15-13(12(10)8-11)16-14(9-17)5-6-14/h2-4,7-8,17H,5-6,9H2,1H3,(H,15,16). The van der Waals surface area contributed by atoms with Crippen molar-refractivity contribution in [3.8, 4) is 5.75 Å². The molecule has 1 heterocycles. The highest BCUT2D eigenvalue weighted by Gasteiger charge is 2.42. The maximum absolute atomic E-state index is 9.38. The van der Waals surface area contributed by atoms with E-state index in [0.29, 0.717) is 0 Å². The molecular weight excluding hydrogens is 228 g/mol. The predicted molar refractivity (Wildman–Crippen MR) is 71.0 cm³/mol. The normalized spacial score (nSPS) is 16.6. The summed E-state index contributed by atoms with van der Waals surface area (Å²) in [6, 6.07) is 7.89. The smallest absolute Gasteiger partial charge is 0.134 e. The van der Waals surface area contributed by atoms with E-state index in [1.807, 2.05) is 24.3 Å². The van der Waals surface area contributed by atoms with Crippen LogP contribution >= 0.6 is 0 Å². The van der Waals surface area contributed by atoms with E-state index >= 15 is 0 Å². The molecule has 0 radical (unpaired) electrons. The number of hydrogen-bond donors (Lipinski definition) is 2. The van der Waals surface area contributed by atoms with Crippen molar-refractivity contribution in [3.63, 3.8) is 0 Å². The lowest BCUT2D eigenvalue weighted by Gasteiger charge is -2.16. The Morgan fingerprint density at radius 3 is 2.89 bits per heavy atom. The molecule has 94 valence electrons. The van der Waals surface area contributed by atoms with E-state index in [1.54, 1.807) is 13.3 Å². The maximum atomic E-state index is 9.38. The highest BCUT2D eigenvalue weighted by Crippen LogP contribution is 2.39. The number of rotatable bonds is 4. The average molecular weight is 244 g/mol. The second-order valence-electron chi connectivity index (χ2n) is 4.81. The fourth-order valence-electron chi connectivity index (χ4n) is 2.10.